The molecule has 15 heteroatoms. The molecular formula is C92H205N11O4. The van der Waals surface area contributed by atoms with Crippen LogP contribution in [-0.4, -0.2) is 98.4 Å². The van der Waals surface area contributed by atoms with E-state index in [0.29, 0.717) is 55.8 Å². The Hall–Kier alpha value is -6.61. The van der Waals surface area contributed by atoms with Crippen LogP contribution < -0.4 is 0 Å². The van der Waals surface area contributed by atoms with Gasteiger partial charge in [0.1, 0.15) is 6.61 Å². The molecule has 8 unspecified atom stereocenters. The fourth-order valence-electron chi connectivity index (χ4n) is 10.2. The molecule has 8 atom stereocenters. The van der Waals surface area contributed by atoms with E-state index in [-0.39, 0.29) is 210 Å². The first kappa shape index (κ1) is 166. The molecule has 0 spiro atoms. The van der Waals surface area contributed by atoms with Crippen LogP contribution in [0, 0.1) is 17.3 Å². The lowest BCUT2D eigenvalue weighted by Gasteiger charge is -2.28. The van der Waals surface area contributed by atoms with Crippen LogP contribution in [0.15, 0.2) is 154 Å². The van der Waals surface area contributed by atoms with Crippen molar-refractivity contribution >= 4 is 11.9 Å². The van der Waals surface area contributed by atoms with Gasteiger partial charge in [-0.25, -0.2) is 24.9 Å². The average Bonchev–Trinajstić information content (AvgIpc) is 1.85. The first-order chi connectivity index (χ1) is 39.4. The van der Waals surface area contributed by atoms with Crippen molar-refractivity contribution < 1.29 is 19.1 Å². The van der Waals surface area contributed by atoms with Crippen LogP contribution in [0.25, 0.3) is 0 Å². The van der Waals surface area contributed by atoms with Crippen LogP contribution >= 0.6 is 0 Å². The Morgan fingerprint density at radius 3 is 0.879 bits per heavy atom. The number of nitrogens with zero attached hydrogens (tertiary/aromatic N) is 11. The Morgan fingerprint density at radius 1 is 0.383 bits per heavy atom. The van der Waals surface area contributed by atoms with Crippen molar-refractivity contribution in [3.8, 4) is 0 Å². The number of hydrogen-bond donors (Lipinski definition) is 0. The maximum atomic E-state index is 12.1. The number of rotatable bonds is 28. The van der Waals surface area contributed by atoms with E-state index in [1.54, 1.807) is 37.7 Å². The number of aromatic nitrogens is 10. The quantitative estimate of drug-likeness (QED) is 0.0346. The molecule has 5 aromatic heterocycles. The molecule has 7 rings (SSSR count). The highest BCUT2D eigenvalue weighted by molar-refractivity contribution is 5.78. The van der Waals surface area contributed by atoms with E-state index in [2.05, 4.69) is 189 Å². The van der Waals surface area contributed by atoms with Gasteiger partial charge in [-0.2, -0.15) is 0 Å². The van der Waals surface area contributed by atoms with Gasteiger partial charge in [0.2, 0.25) is 5.91 Å². The minimum absolute atomic E-state index is 0. The maximum Gasteiger partial charge on any atom is 0.311 e. The number of imidazole rings is 5. The Labute approximate surface area is 678 Å². The summed E-state index contributed by atoms with van der Waals surface area (Å²) in [6.07, 6.45) is 39.2. The van der Waals surface area contributed by atoms with Crippen molar-refractivity contribution in [2.45, 2.75) is 382 Å². The summed E-state index contributed by atoms with van der Waals surface area (Å²) in [6, 6.07) is 23.8. The zero-order valence-corrected chi connectivity index (χ0v) is 52.9. The topological polar surface area (TPSA) is 145 Å². The van der Waals surface area contributed by atoms with E-state index < -0.39 is 5.41 Å². The highest BCUT2D eigenvalue weighted by Gasteiger charge is 2.32. The fraction of sp³-hybridized carbons (Fsp3) is 0.685. The molecular weight excluding hydrogens is 1320 g/mol. The lowest BCUT2D eigenvalue weighted by Crippen LogP contribution is -2.30. The highest BCUT2D eigenvalue weighted by atomic mass is 16.6. The van der Waals surface area contributed by atoms with Gasteiger partial charge in [-0.1, -0.05) is 316 Å². The van der Waals surface area contributed by atoms with Crippen LogP contribution in [0.5, 0.6) is 0 Å². The van der Waals surface area contributed by atoms with Gasteiger partial charge < -0.3 is 37.2 Å². The molecule has 0 bridgehead atoms. The third-order valence-corrected chi connectivity index (χ3v) is 15.3. The third kappa shape index (κ3) is 61.9. The molecule has 1 amide bonds. The third-order valence-electron chi connectivity index (χ3n) is 15.3. The minimum atomic E-state index is -0.517. The molecule has 0 radical (unpaired) electrons. The molecule has 652 valence electrons. The summed E-state index contributed by atoms with van der Waals surface area (Å²) in [4.78, 5) is 46.0. The molecule has 0 aliphatic carbocycles. The molecule has 0 fully saturated rings. The van der Waals surface area contributed by atoms with E-state index in [1.165, 1.54) is 24.0 Å². The summed E-state index contributed by atoms with van der Waals surface area (Å²) < 4.78 is 21.2. The van der Waals surface area contributed by atoms with Crippen molar-refractivity contribution in [3.63, 3.8) is 0 Å². The van der Waals surface area contributed by atoms with Crippen molar-refractivity contribution in [1.82, 2.24) is 52.7 Å². The van der Waals surface area contributed by atoms with Gasteiger partial charge in [-0.15, -0.1) is 0 Å². The lowest BCUT2D eigenvalue weighted by molar-refractivity contribution is -0.156. The summed E-state index contributed by atoms with van der Waals surface area (Å²) in [6.45, 7) is 29.3. The van der Waals surface area contributed by atoms with Crippen molar-refractivity contribution in [2.24, 2.45) is 17.3 Å². The van der Waals surface area contributed by atoms with Gasteiger partial charge in [-0.3, -0.25) is 9.59 Å². The Balaban J connectivity index is -0.0000000373. The molecule has 5 heterocycles. The molecule has 7 aromatic rings. The van der Waals surface area contributed by atoms with Crippen molar-refractivity contribution in [1.29, 1.82) is 0 Å². The van der Waals surface area contributed by atoms with Gasteiger partial charge >= 0.3 is 5.97 Å². The van der Waals surface area contributed by atoms with E-state index in [1.807, 2.05) is 84.0 Å². The first-order valence-corrected chi connectivity index (χ1v) is 30.4. The van der Waals surface area contributed by atoms with Gasteiger partial charge in [0, 0.05) is 119 Å². The molecule has 0 aliphatic heterocycles. The minimum Gasteiger partial charge on any atom is -0.463 e. The second-order valence-electron chi connectivity index (χ2n) is 22.9. The summed E-state index contributed by atoms with van der Waals surface area (Å²) in [5.74, 6) is 2.01. The lowest BCUT2D eigenvalue weighted by atomic mass is 9.85. The number of carbonyl (C=O) groups excluding carboxylic acids is 2. The summed E-state index contributed by atoms with van der Waals surface area (Å²) in [5, 5.41) is 0. The highest BCUT2D eigenvalue weighted by Crippen LogP contribution is 2.32. The largest absolute Gasteiger partial charge is 0.463 e. The number of amides is 1. The summed E-state index contributed by atoms with van der Waals surface area (Å²) in [7, 11) is 3.61. The number of hydrogen-bond acceptors (Lipinski definition) is 9. The smallest absolute Gasteiger partial charge is 0.311 e. The molecule has 0 aliphatic rings. The second-order valence-corrected chi connectivity index (χ2v) is 22.9. The van der Waals surface area contributed by atoms with Crippen LogP contribution in [0.2, 0.25) is 0 Å². The molecule has 0 saturated carbocycles. The predicted octanol–water partition coefficient (Wildman–Crippen LogP) is 31.6. The molecule has 15 nitrogen and oxygen atoms in total. The second kappa shape index (κ2) is 93.6. The van der Waals surface area contributed by atoms with Crippen molar-refractivity contribution in [2.75, 3.05) is 33.9 Å². The fourth-order valence-corrected chi connectivity index (χ4v) is 10.2. The van der Waals surface area contributed by atoms with E-state index in [9.17, 15) is 9.59 Å². The number of esters is 1. The Bertz CT molecular complexity index is 2500. The van der Waals surface area contributed by atoms with Gasteiger partial charge in [-0.05, 0) is 114 Å². The van der Waals surface area contributed by atoms with Crippen molar-refractivity contribution in [3.05, 3.63) is 165 Å². The average molecular weight is 1530 g/mol. The normalized spacial score (nSPS) is 10.8. The first-order valence-electron chi connectivity index (χ1n) is 30.4. The Kier molecular flexibility index (Phi) is 145. The maximum absolute atomic E-state index is 12.1. The molecule has 107 heavy (non-hydrogen) atoms. The van der Waals surface area contributed by atoms with Gasteiger partial charge in [0.05, 0.1) is 43.7 Å². The summed E-state index contributed by atoms with van der Waals surface area (Å²) >= 11 is 0. The molecule has 0 saturated heterocycles. The van der Waals surface area contributed by atoms with E-state index in [0.717, 1.165) is 57.3 Å². The van der Waals surface area contributed by atoms with Crippen LogP contribution in [0.4, 0.5) is 0 Å². The number of carbonyl (C=O) groups is 2. The van der Waals surface area contributed by atoms with Gasteiger partial charge in [0.15, 0.2) is 0 Å². The standard InChI is InChI=1S/C15H26N2O3.2C15H20N2.C12H21N3O.C10H18N2.25CH4/c1-5-13(17-8-7-16-12-17)11-15(3,4)14(18)20-10-9-19-6-2;2*1-3-15(17-10-9-16-12-17)11-13(2)14-7-5-4-6-8-14;1-5-11(15-7-6-13-9-15)8-10(2)12(16)14(3)4;1-4-10(7-9(2)3)12-6-5-11-8-12;;;;;;;;;;;;;;;;;;;;;;;;;/h7-8,12-13H,5-6,9-11H2,1-4H3;2*4-10,12-13,15H,3,11H2,1-2H3;6-7,9-11H,5,8H2,1-4H3;5-6,8-10H,4,7H2,1-3H3;25*1H4. The van der Waals surface area contributed by atoms with E-state index in [4.69, 9.17) is 9.47 Å². The summed E-state index contributed by atoms with van der Waals surface area (Å²) in [5.41, 5.74) is 2.33. The Morgan fingerprint density at radius 2 is 0.645 bits per heavy atom. The monoisotopic (exact) mass is 1530 g/mol. The van der Waals surface area contributed by atoms with Crippen LogP contribution in [0.1, 0.15) is 393 Å². The number of benzene rings is 2. The number of ether oxygens (including phenoxy) is 2. The van der Waals surface area contributed by atoms with Crippen LogP contribution in [-0.2, 0) is 19.1 Å². The van der Waals surface area contributed by atoms with Crippen LogP contribution in [0.3, 0.4) is 0 Å². The SMILES string of the molecule is C.C.C.C.C.C.C.C.C.C.C.C.C.C.C.C.C.C.C.C.C.C.C.C.C.CCC(CC(C)C(=O)N(C)C)n1ccnc1.CCC(CC(C)C)n1ccnc1.CCC(CC(C)c1ccccc1)n1ccnc1.CCC(CC(C)c1ccccc1)n1ccnc1.CCOCCOC(=O)C(C)(C)CC(CC)n1ccnc1. The molecule has 0 N–H and O–H groups in total. The van der Waals surface area contributed by atoms with Gasteiger partial charge in [0.25, 0.3) is 0 Å². The molecule has 2 aromatic carbocycles. The zero-order chi connectivity index (χ0) is 60.3. The zero-order valence-electron chi connectivity index (χ0n) is 52.9. The predicted molar refractivity (Wildman–Crippen MR) is 503 cm³/mol. The van der Waals surface area contributed by atoms with E-state index >= 15 is 0 Å².